The molecule has 0 fully saturated rings. The summed E-state index contributed by atoms with van der Waals surface area (Å²) in [5.41, 5.74) is 9.47. The zero-order valence-corrected chi connectivity index (χ0v) is 22.0. The summed E-state index contributed by atoms with van der Waals surface area (Å²) < 4.78 is 0. The highest BCUT2D eigenvalue weighted by atomic mass is 15.1. The minimum atomic E-state index is 0.448. The van der Waals surface area contributed by atoms with E-state index >= 15 is 0 Å². The highest BCUT2D eigenvalue weighted by molar-refractivity contribution is 6.05. The van der Waals surface area contributed by atoms with Crippen LogP contribution in [0.1, 0.15) is 16.7 Å². The molecule has 0 saturated heterocycles. The van der Waals surface area contributed by atoms with Crippen LogP contribution in [0.25, 0.3) is 33.0 Å². The third-order valence-electron chi connectivity index (χ3n) is 7.22. The van der Waals surface area contributed by atoms with Gasteiger partial charge in [0.2, 0.25) is 0 Å². The fourth-order valence-electron chi connectivity index (χ4n) is 5.37. The van der Waals surface area contributed by atoms with Gasteiger partial charge in [-0.05, 0) is 88.0 Å². The molecule has 6 aromatic carbocycles. The fraction of sp³-hybridized carbons (Fsp3) is 0.0270. The van der Waals surface area contributed by atoms with Gasteiger partial charge in [-0.1, -0.05) is 91.0 Å². The zero-order chi connectivity index (χ0) is 27.5. The van der Waals surface area contributed by atoms with Gasteiger partial charge >= 0.3 is 0 Å². The SMILES string of the molecule is Cc1ccccc1-c1ccc(-c2cccc(N(c3ccccc3)c3cc(C#N)cc(C#N)c3)c2)c2ccccc12. The van der Waals surface area contributed by atoms with E-state index in [-0.39, 0.29) is 0 Å². The normalized spacial score (nSPS) is 10.6. The molecule has 0 aliphatic heterocycles. The Balaban J connectivity index is 1.53. The Labute approximate surface area is 234 Å². The second kappa shape index (κ2) is 10.6. The molecule has 0 saturated carbocycles. The maximum absolute atomic E-state index is 9.64. The Morgan fingerprint density at radius 3 is 1.77 bits per heavy atom. The topological polar surface area (TPSA) is 50.8 Å². The van der Waals surface area contributed by atoms with Crippen molar-refractivity contribution in [1.82, 2.24) is 0 Å². The van der Waals surface area contributed by atoms with Crippen molar-refractivity contribution >= 4 is 27.8 Å². The van der Waals surface area contributed by atoms with Crippen molar-refractivity contribution in [2.45, 2.75) is 6.92 Å². The summed E-state index contributed by atoms with van der Waals surface area (Å²) in [6.07, 6.45) is 0. The van der Waals surface area contributed by atoms with Crippen molar-refractivity contribution in [2.75, 3.05) is 4.90 Å². The number of para-hydroxylation sites is 1. The molecule has 0 heterocycles. The molecule has 0 amide bonds. The smallest absolute Gasteiger partial charge is 0.0992 e. The first kappa shape index (κ1) is 24.7. The van der Waals surface area contributed by atoms with Gasteiger partial charge in [-0.3, -0.25) is 0 Å². The first-order chi connectivity index (χ1) is 19.7. The zero-order valence-electron chi connectivity index (χ0n) is 22.0. The van der Waals surface area contributed by atoms with Gasteiger partial charge in [0.1, 0.15) is 0 Å². The Hall–Kier alpha value is -5.64. The van der Waals surface area contributed by atoms with E-state index in [1.165, 1.54) is 27.5 Å². The van der Waals surface area contributed by atoms with Gasteiger partial charge in [-0.15, -0.1) is 0 Å². The Bertz CT molecular complexity index is 1910. The highest BCUT2D eigenvalue weighted by Crippen LogP contribution is 2.40. The van der Waals surface area contributed by atoms with E-state index in [9.17, 15) is 10.5 Å². The van der Waals surface area contributed by atoms with E-state index in [1.807, 2.05) is 42.5 Å². The lowest BCUT2D eigenvalue weighted by atomic mass is 9.90. The summed E-state index contributed by atoms with van der Waals surface area (Å²) in [6, 6.07) is 49.6. The third-order valence-corrected chi connectivity index (χ3v) is 7.22. The second-order valence-corrected chi connectivity index (χ2v) is 9.73. The molecule has 6 rings (SSSR count). The third kappa shape index (κ3) is 4.58. The van der Waals surface area contributed by atoms with E-state index in [4.69, 9.17) is 0 Å². The molecule has 3 heteroatoms. The van der Waals surface area contributed by atoms with E-state index in [0.29, 0.717) is 11.1 Å². The summed E-state index contributed by atoms with van der Waals surface area (Å²) in [5, 5.41) is 21.7. The van der Waals surface area contributed by atoms with Crippen molar-refractivity contribution in [2.24, 2.45) is 0 Å². The van der Waals surface area contributed by atoms with Crippen LogP contribution in [0.5, 0.6) is 0 Å². The number of rotatable bonds is 5. The van der Waals surface area contributed by atoms with E-state index in [1.54, 1.807) is 6.07 Å². The number of hydrogen-bond donors (Lipinski definition) is 0. The van der Waals surface area contributed by atoms with E-state index in [0.717, 1.165) is 28.2 Å². The molecule has 3 nitrogen and oxygen atoms in total. The van der Waals surface area contributed by atoms with Crippen LogP contribution >= 0.6 is 0 Å². The number of hydrogen-bond acceptors (Lipinski definition) is 3. The van der Waals surface area contributed by atoms with Crippen molar-refractivity contribution in [1.29, 1.82) is 10.5 Å². The van der Waals surface area contributed by atoms with Gasteiger partial charge in [0, 0.05) is 17.1 Å². The minimum absolute atomic E-state index is 0.448. The first-order valence-corrected chi connectivity index (χ1v) is 13.1. The van der Waals surface area contributed by atoms with Crippen LogP contribution in [0.15, 0.2) is 133 Å². The number of aryl methyl sites for hydroxylation is 1. The van der Waals surface area contributed by atoms with Crippen molar-refractivity contribution in [3.8, 4) is 34.4 Å². The predicted molar refractivity (Wildman–Crippen MR) is 164 cm³/mol. The quantitative estimate of drug-likeness (QED) is 0.231. The molecule has 0 aliphatic carbocycles. The fourth-order valence-corrected chi connectivity index (χ4v) is 5.37. The monoisotopic (exact) mass is 511 g/mol. The van der Waals surface area contributed by atoms with Crippen LogP contribution in [0.4, 0.5) is 17.1 Å². The van der Waals surface area contributed by atoms with Crippen LogP contribution in [-0.4, -0.2) is 0 Å². The number of nitrogens with zero attached hydrogens (tertiary/aromatic N) is 3. The molecule has 6 aromatic rings. The van der Waals surface area contributed by atoms with Crippen LogP contribution in [0, 0.1) is 29.6 Å². The van der Waals surface area contributed by atoms with Gasteiger partial charge in [0.05, 0.1) is 23.3 Å². The van der Waals surface area contributed by atoms with Crippen LogP contribution in [0.2, 0.25) is 0 Å². The Morgan fingerprint density at radius 1 is 0.475 bits per heavy atom. The lowest BCUT2D eigenvalue weighted by molar-refractivity contribution is 1.27. The largest absolute Gasteiger partial charge is 0.310 e. The summed E-state index contributed by atoms with van der Waals surface area (Å²) in [4.78, 5) is 2.09. The maximum Gasteiger partial charge on any atom is 0.0992 e. The average molecular weight is 512 g/mol. The van der Waals surface area contributed by atoms with E-state index < -0.39 is 0 Å². The Kier molecular flexibility index (Phi) is 6.55. The maximum atomic E-state index is 9.64. The van der Waals surface area contributed by atoms with E-state index in [2.05, 4.69) is 109 Å². The molecule has 40 heavy (non-hydrogen) atoms. The predicted octanol–water partition coefficient (Wildman–Crippen LogP) is 9.70. The number of fused-ring (bicyclic) bond motifs is 1. The molecule has 0 radical (unpaired) electrons. The molecule has 0 bridgehead atoms. The number of nitriles is 2. The van der Waals surface area contributed by atoms with Gasteiger partial charge in [0.15, 0.2) is 0 Å². The van der Waals surface area contributed by atoms with Gasteiger partial charge in [0.25, 0.3) is 0 Å². The molecule has 0 N–H and O–H groups in total. The van der Waals surface area contributed by atoms with Crippen molar-refractivity contribution < 1.29 is 0 Å². The lowest BCUT2D eigenvalue weighted by Crippen LogP contribution is -2.10. The second-order valence-electron chi connectivity index (χ2n) is 9.73. The molecule has 0 aromatic heterocycles. The first-order valence-electron chi connectivity index (χ1n) is 13.1. The highest BCUT2D eigenvalue weighted by Gasteiger charge is 2.16. The molecule has 0 atom stereocenters. The van der Waals surface area contributed by atoms with Gasteiger partial charge in [-0.2, -0.15) is 10.5 Å². The van der Waals surface area contributed by atoms with Crippen molar-refractivity contribution in [3.05, 3.63) is 150 Å². The summed E-state index contributed by atoms with van der Waals surface area (Å²) in [6.45, 7) is 2.15. The summed E-state index contributed by atoms with van der Waals surface area (Å²) >= 11 is 0. The van der Waals surface area contributed by atoms with Gasteiger partial charge < -0.3 is 4.90 Å². The molecular formula is C37H25N3. The number of benzene rings is 6. The van der Waals surface area contributed by atoms with Crippen LogP contribution < -0.4 is 4.90 Å². The average Bonchev–Trinajstić information content (AvgIpc) is 3.01. The number of anilines is 3. The molecule has 0 unspecified atom stereocenters. The molecule has 0 aliphatic rings. The standard InChI is InChI=1S/C37H25N3/c1-26-10-5-6-15-33(26)37-19-18-34(35-16-7-8-17-36(35)37)29-11-9-14-31(23-29)40(30-12-3-2-4-13-30)32-21-27(24-38)20-28(22-32)25-39/h2-23H,1H3. The van der Waals surface area contributed by atoms with Gasteiger partial charge in [-0.25, -0.2) is 0 Å². The van der Waals surface area contributed by atoms with Crippen LogP contribution in [0.3, 0.4) is 0 Å². The van der Waals surface area contributed by atoms with Crippen molar-refractivity contribution in [3.63, 3.8) is 0 Å². The molecule has 0 spiro atoms. The minimum Gasteiger partial charge on any atom is -0.310 e. The lowest BCUT2D eigenvalue weighted by Gasteiger charge is -2.26. The van der Waals surface area contributed by atoms with Crippen LogP contribution in [-0.2, 0) is 0 Å². The summed E-state index contributed by atoms with van der Waals surface area (Å²) in [7, 11) is 0. The molecule has 188 valence electrons. The Morgan fingerprint density at radius 2 is 1.07 bits per heavy atom. The summed E-state index contributed by atoms with van der Waals surface area (Å²) in [5.74, 6) is 0. The molecular weight excluding hydrogens is 486 g/mol.